The summed E-state index contributed by atoms with van der Waals surface area (Å²) in [4.78, 5) is 26.7. The van der Waals surface area contributed by atoms with Gasteiger partial charge in [-0.25, -0.2) is 0 Å². The van der Waals surface area contributed by atoms with Crippen molar-refractivity contribution in [2.24, 2.45) is 11.8 Å². The van der Waals surface area contributed by atoms with E-state index in [1.54, 1.807) is 4.90 Å². The van der Waals surface area contributed by atoms with E-state index in [1.807, 2.05) is 20.0 Å². The highest BCUT2D eigenvalue weighted by molar-refractivity contribution is 7.18. The van der Waals surface area contributed by atoms with Crippen LogP contribution in [0.15, 0.2) is 6.07 Å². The van der Waals surface area contributed by atoms with Gasteiger partial charge in [0.05, 0.1) is 9.88 Å². The van der Waals surface area contributed by atoms with Crippen LogP contribution in [-0.2, 0) is 4.79 Å². The fraction of sp³-hybridized carbons (Fsp3) is 0.625. The third-order valence-electron chi connectivity index (χ3n) is 3.70. The van der Waals surface area contributed by atoms with Gasteiger partial charge in [0.15, 0.2) is 0 Å². The summed E-state index contributed by atoms with van der Waals surface area (Å²) in [6.07, 6.45) is 2.97. The first-order chi connectivity index (χ1) is 9.88. The fourth-order valence-electron chi connectivity index (χ4n) is 2.05. The monoisotopic (exact) mass is 308 g/mol. The molecule has 0 aliphatic heterocycles. The molecule has 4 nitrogen and oxygen atoms in total. The van der Waals surface area contributed by atoms with Crippen molar-refractivity contribution in [2.75, 3.05) is 18.9 Å². The summed E-state index contributed by atoms with van der Waals surface area (Å²) in [6.45, 7) is 6.99. The molecule has 2 amide bonds. The number of hydrogen-bond acceptors (Lipinski definition) is 3. The van der Waals surface area contributed by atoms with E-state index in [1.165, 1.54) is 11.3 Å². The van der Waals surface area contributed by atoms with E-state index in [2.05, 4.69) is 19.2 Å². The van der Waals surface area contributed by atoms with E-state index < -0.39 is 0 Å². The smallest absolute Gasteiger partial charge is 0.264 e. The lowest BCUT2D eigenvalue weighted by Crippen LogP contribution is -2.28. The van der Waals surface area contributed by atoms with Crippen LogP contribution in [0.2, 0.25) is 0 Å². The number of nitrogens with one attached hydrogen (secondary N) is 1. The molecule has 0 spiro atoms. The molecule has 0 unspecified atom stereocenters. The summed E-state index contributed by atoms with van der Waals surface area (Å²) in [5, 5.41) is 3.70. The molecule has 0 atom stereocenters. The van der Waals surface area contributed by atoms with Gasteiger partial charge in [-0.05, 0) is 43.7 Å². The molecule has 5 heteroatoms. The molecule has 1 N–H and O–H groups in total. The Balaban J connectivity index is 2.00. The van der Waals surface area contributed by atoms with Gasteiger partial charge in [-0.2, -0.15) is 0 Å². The Morgan fingerprint density at radius 1 is 1.43 bits per heavy atom. The normalized spacial score (nSPS) is 14.3. The van der Waals surface area contributed by atoms with Crippen molar-refractivity contribution in [1.82, 2.24) is 4.90 Å². The van der Waals surface area contributed by atoms with Gasteiger partial charge < -0.3 is 10.2 Å². The van der Waals surface area contributed by atoms with Gasteiger partial charge in [0.1, 0.15) is 0 Å². The van der Waals surface area contributed by atoms with Crippen LogP contribution in [0.5, 0.6) is 0 Å². The maximum Gasteiger partial charge on any atom is 0.264 e. The summed E-state index contributed by atoms with van der Waals surface area (Å²) < 4.78 is 0. The first-order valence-corrected chi connectivity index (χ1v) is 8.37. The number of hydrogen-bond donors (Lipinski definition) is 1. The van der Waals surface area contributed by atoms with E-state index in [4.69, 9.17) is 0 Å². The SMILES string of the molecule is Cc1cc(NC(=O)C2CC2)sc1C(=O)N(C)CCC(C)C. The maximum atomic E-state index is 12.4. The summed E-state index contributed by atoms with van der Waals surface area (Å²) in [6, 6.07) is 1.90. The molecule has 21 heavy (non-hydrogen) atoms. The molecule has 116 valence electrons. The number of rotatable bonds is 6. The Labute approximate surface area is 130 Å². The molecule has 0 saturated heterocycles. The lowest BCUT2D eigenvalue weighted by molar-refractivity contribution is -0.117. The van der Waals surface area contributed by atoms with Crippen LogP contribution in [-0.4, -0.2) is 30.3 Å². The first-order valence-electron chi connectivity index (χ1n) is 7.55. The Hall–Kier alpha value is -1.36. The second-order valence-corrected chi connectivity index (χ2v) is 7.35. The average molecular weight is 308 g/mol. The number of aryl methyl sites for hydroxylation is 1. The van der Waals surface area contributed by atoms with E-state index in [0.717, 1.165) is 41.2 Å². The van der Waals surface area contributed by atoms with E-state index in [-0.39, 0.29) is 17.7 Å². The molecule has 0 bridgehead atoms. The third-order valence-corrected chi connectivity index (χ3v) is 4.84. The topological polar surface area (TPSA) is 49.4 Å². The van der Waals surface area contributed by atoms with E-state index in [9.17, 15) is 9.59 Å². The van der Waals surface area contributed by atoms with Crippen LogP contribution in [0.4, 0.5) is 5.00 Å². The lowest BCUT2D eigenvalue weighted by Gasteiger charge is -2.17. The van der Waals surface area contributed by atoms with Crippen molar-refractivity contribution in [3.8, 4) is 0 Å². The minimum absolute atomic E-state index is 0.0464. The zero-order valence-electron chi connectivity index (χ0n) is 13.2. The summed E-state index contributed by atoms with van der Waals surface area (Å²) in [5.41, 5.74) is 0.937. The van der Waals surface area contributed by atoms with E-state index >= 15 is 0 Å². The van der Waals surface area contributed by atoms with Gasteiger partial charge in [-0.15, -0.1) is 11.3 Å². The Kier molecular flexibility index (Phi) is 5.04. The molecular weight excluding hydrogens is 284 g/mol. The zero-order valence-corrected chi connectivity index (χ0v) is 14.0. The number of amides is 2. The summed E-state index contributed by atoms with van der Waals surface area (Å²) >= 11 is 1.38. The van der Waals surface area contributed by atoms with Crippen LogP contribution >= 0.6 is 11.3 Å². The Bertz CT molecular complexity index is 532. The number of carbonyl (C=O) groups is 2. The summed E-state index contributed by atoms with van der Waals surface area (Å²) in [7, 11) is 1.84. The van der Waals surface area contributed by atoms with Crippen molar-refractivity contribution in [3.63, 3.8) is 0 Å². The quantitative estimate of drug-likeness (QED) is 0.874. The molecule has 1 heterocycles. The van der Waals surface area contributed by atoms with Crippen LogP contribution in [0, 0.1) is 18.8 Å². The molecule has 1 fully saturated rings. The lowest BCUT2D eigenvalue weighted by atomic mass is 10.1. The highest BCUT2D eigenvalue weighted by Gasteiger charge is 2.30. The predicted octanol–water partition coefficient (Wildman–Crippen LogP) is 3.52. The predicted molar refractivity (Wildman–Crippen MR) is 86.8 cm³/mol. The number of thiophene rings is 1. The first kappa shape index (κ1) is 16.0. The molecule has 0 radical (unpaired) electrons. The number of nitrogens with zero attached hydrogens (tertiary/aromatic N) is 1. The van der Waals surface area contributed by atoms with Crippen molar-refractivity contribution in [3.05, 3.63) is 16.5 Å². The molecule has 2 rings (SSSR count). The molecule has 1 aromatic heterocycles. The average Bonchev–Trinajstić information content (AvgIpc) is 3.20. The largest absolute Gasteiger partial charge is 0.341 e. The Morgan fingerprint density at radius 2 is 2.10 bits per heavy atom. The van der Waals surface area contributed by atoms with Gasteiger partial charge in [-0.3, -0.25) is 9.59 Å². The Morgan fingerprint density at radius 3 is 2.67 bits per heavy atom. The summed E-state index contributed by atoms with van der Waals surface area (Å²) in [5.74, 6) is 0.895. The number of anilines is 1. The molecule has 1 aliphatic carbocycles. The molecule has 1 aromatic rings. The molecular formula is C16H24N2O2S. The maximum absolute atomic E-state index is 12.4. The van der Waals surface area contributed by atoms with Gasteiger partial charge in [0.2, 0.25) is 5.91 Å². The highest BCUT2D eigenvalue weighted by Crippen LogP contribution is 2.33. The zero-order chi connectivity index (χ0) is 15.6. The standard InChI is InChI=1S/C16H24N2O2S/c1-10(2)7-8-18(4)16(20)14-11(3)9-13(21-14)17-15(19)12-5-6-12/h9-10,12H,5-8H2,1-4H3,(H,17,19). The van der Waals surface area contributed by atoms with Crippen molar-refractivity contribution < 1.29 is 9.59 Å². The fourth-order valence-corrected chi connectivity index (χ4v) is 3.12. The van der Waals surface area contributed by atoms with Gasteiger partial charge in [-0.1, -0.05) is 13.8 Å². The van der Waals surface area contributed by atoms with Crippen LogP contribution < -0.4 is 5.32 Å². The second kappa shape index (κ2) is 6.60. The minimum Gasteiger partial charge on any atom is -0.341 e. The van der Waals surface area contributed by atoms with Crippen molar-refractivity contribution in [2.45, 2.75) is 40.0 Å². The van der Waals surface area contributed by atoms with Crippen LogP contribution in [0.1, 0.15) is 48.3 Å². The van der Waals surface area contributed by atoms with Crippen LogP contribution in [0.3, 0.4) is 0 Å². The third kappa shape index (κ3) is 4.30. The van der Waals surface area contributed by atoms with Crippen LogP contribution in [0.25, 0.3) is 0 Å². The molecule has 1 aliphatic rings. The second-order valence-electron chi connectivity index (χ2n) is 6.30. The minimum atomic E-state index is 0.0464. The highest BCUT2D eigenvalue weighted by atomic mass is 32.1. The van der Waals surface area contributed by atoms with Gasteiger partial charge >= 0.3 is 0 Å². The molecule has 1 saturated carbocycles. The van der Waals surface area contributed by atoms with E-state index in [0.29, 0.717) is 5.92 Å². The van der Waals surface area contributed by atoms with Gasteiger partial charge in [0, 0.05) is 19.5 Å². The van der Waals surface area contributed by atoms with Gasteiger partial charge in [0.25, 0.3) is 5.91 Å². The van der Waals surface area contributed by atoms with Crippen molar-refractivity contribution >= 4 is 28.2 Å². The van der Waals surface area contributed by atoms with Crippen molar-refractivity contribution in [1.29, 1.82) is 0 Å². The number of carbonyl (C=O) groups excluding carboxylic acids is 2. The molecule has 0 aromatic carbocycles.